The third-order valence-electron chi connectivity index (χ3n) is 2.39. The maximum atomic E-state index is 9.18. The van der Waals surface area contributed by atoms with Crippen molar-refractivity contribution < 1.29 is 10.2 Å². The van der Waals surface area contributed by atoms with Crippen molar-refractivity contribution in [2.24, 2.45) is 7.05 Å². The fraction of sp³-hybridized carbons (Fsp3) is 0.700. The standard InChI is InChI=1S/C10H18BrN3O2/c1-3-8-10(11)9(14(2)13-8)5-12-4-7(16)6-15/h7,12,15-16H,3-6H2,1-2H3. The van der Waals surface area contributed by atoms with Gasteiger partial charge in [0.15, 0.2) is 0 Å². The molecule has 0 bridgehead atoms. The first-order valence-electron chi connectivity index (χ1n) is 5.30. The Hall–Kier alpha value is -0.430. The summed E-state index contributed by atoms with van der Waals surface area (Å²) in [7, 11) is 1.89. The largest absolute Gasteiger partial charge is 0.394 e. The molecule has 1 unspecified atom stereocenters. The van der Waals surface area contributed by atoms with Gasteiger partial charge in [0.25, 0.3) is 0 Å². The molecule has 0 spiro atoms. The second-order valence-electron chi connectivity index (χ2n) is 3.65. The summed E-state index contributed by atoms with van der Waals surface area (Å²) in [6.07, 6.45) is 0.172. The predicted molar refractivity (Wildman–Crippen MR) is 65.1 cm³/mol. The first-order chi connectivity index (χ1) is 7.60. The SMILES string of the molecule is CCc1nn(C)c(CNCC(O)CO)c1Br. The summed E-state index contributed by atoms with van der Waals surface area (Å²) in [5, 5.41) is 25.3. The van der Waals surface area contributed by atoms with Crippen molar-refractivity contribution in [3.8, 4) is 0 Å². The summed E-state index contributed by atoms with van der Waals surface area (Å²) in [5.74, 6) is 0. The van der Waals surface area contributed by atoms with Crippen molar-refractivity contribution in [3.05, 3.63) is 15.9 Å². The molecule has 0 fully saturated rings. The molecule has 1 aromatic rings. The summed E-state index contributed by atoms with van der Waals surface area (Å²) < 4.78 is 2.84. The zero-order valence-electron chi connectivity index (χ0n) is 9.57. The van der Waals surface area contributed by atoms with Crippen LogP contribution in [0.3, 0.4) is 0 Å². The average Bonchev–Trinajstić information content (AvgIpc) is 2.55. The molecule has 6 heteroatoms. The Morgan fingerprint density at radius 3 is 2.75 bits per heavy atom. The fourth-order valence-corrected chi connectivity index (χ4v) is 2.19. The Bertz CT molecular complexity index is 341. The Balaban J connectivity index is 2.56. The minimum absolute atomic E-state index is 0.222. The Kier molecular flexibility index (Phi) is 5.40. The van der Waals surface area contributed by atoms with Crippen LogP contribution in [0.1, 0.15) is 18.3 Å². The Morgan fingerprint density at radius 1 is 1.56 bits per heavy atom. The Labute approximate surface area is 104 Å². The predicted octanol–water partition coefficient (Wildman–Crippen LogP) is 0.188. The van der Waals surface area contributed by atoms with Crippen LogP contribution in [-0.2, 0) is 20.0 Å². The van der Waals surface area contributed by atoms with Gasteiger partial charge in [-0.2, -0.15) is 5.10 Å². The summed E-state index contributed by atoms with van der Waals surface area (Å²) in [6, 6.07) is 0. The molecule has 0 saturated carbocycles. The lowest BCUT2D eigenvalue weighted by molar-refractivity contribution is 0.0941. The van der Waals surface area contributed by atoms with E-state index in [0.29, 0.717) is 13.1 Å². The van der Waals surface area contributed by atoms with Gasteiger partial charge in [0.2, 0.25) is 0 Å². The second kappa shape index (κ2) is 6.34. The Morgan fingerprint density at radius 2 is 2.25 bits per heavy atom. The molecule has 0 aliphatic rings. The van der Waals surface area contributed by atoms with Crippen molar-refractivity contribution in [1.29, 1.82) is 0 Å². The number of halogens is 1. The smallest absolute Gasteiger partial charge is 0.0895 e. The molecule has 1 aromatic heterocycles. The van der Waals surface area contributed by atoms with E-state index in [1.54, 1.807) is 0 Å². The van der Waals surface area contributed by atoms with Crippen molar-refractivity contribution in [1.82, 2.24) is 15.1 Å². The average molecular weight is 292 g/mol. The first kappa shape index (κ1) is 13.6. The lowest BCUT2D eigenvalue weighted by atomic mass is 10.3. The molecule has 0 amide bonds. The van der Waals surface area contributed by atoms with E-state index in [0.717, 1.165) is 22.3 Å². The van der Waals surface area contributed by atoms with Crippen LogP contribution in [0.4, 0.5) is 0 Å². The van der Waals surface area contributed by atoms with Gasteiger partial charge < -0.3 is 15.5 Å². The molecule has 5 nitrogen and oxygen atoms in total. The number of aryl methyl sites for hydroxylation is 2. The van der Waals surface area contributed by atoms with Gasteiger partial charge in [0.05, 0.1) is 28.6 Å². The number of hydrogen-bond donors (Lipinski definition) is 3. The van der Waals surface area contributed by atoms with Crippen LogP contribution in [-0.4, -0.2) is 39.2 Å². The topological polar surface area (TPSA) is 70.3 Å². The minimum Gasteiger partial charge on any atom is -0.394 e. The molecule has 16 heavy (non-hydrogen) atoms. The molecule has 0 aliphatic heterocycles. The van der Waals surface area contributed by atoms with E-state index < -0.39 is 6.10 Å². The highest BCUT2D eigenvalue weighted by Crippen LogP contribution is 2.21. The summed E-state index contributed by atoms with van der Waals surface area (Å²) in [6.45, 7) is 2.82. The zero-order chi connectivity index (χ0) is 12.1. The monoisotopic (exact) mass is 291 g/mol. The quantitative estimate of drug-likeness (QED) is 0.700. The lowest BCUT2D eigenvalue weighted by Gasteiger charge is -2.09. The molecular formula is C10H18BrN3O2. The van der Waals surface area contributed by atoms with Gasteiger partial charge in [-0.25, -0.2) is 0 Å². The molecule has 0 saturated heterocycles. The van der Waals surface area contributed by atoms with Gasteiger partial charge in [-0.05, 0) is 22.4 Å². The van der Waals surface area contributed by atoms with E-state index >= 15 is 0 Å². The van der Waals surface area contributed by atoms with E-state index in [9.17, 15) is 5.11 Å². The maximum Gasteiger partial charge on any atom is 0.0895 e. The first-order valence-corrected chi connectivity index (χ1v) is 6.09. The normalized spacial score (nSPS) is 13.1. The second-order valence-corrected chi connectivity index (χ2v) is 4.44. The number of nitrogens with zero attached hydrogens (tertiary/aromatic N) is 2. The van der Waals surface area contributed by atoms with Crippen molar-refractivity contribution in [2.45, 2.75) is 26.0 Å². The van der Waals surface area contributed by atoms with Crippen LogP contribution < -0.4 is 5.32 Å². The van der Waals surface area contributed by atoms with Gasteiger partial charge in [-0.3, -0.25) is 4.68 Å². The third-order valence-corrected chi connectivity index (χ3v) is 3.30. The maximum absolute atomic E-state index is 9.18. The molecular weight excluding hydrogens is 274 g/mol. The third kappa shape index (κ3) is 3.28. The van der Waals surface area contributed by atoms with Gasteiger partial charge in [0.1, 0.15) is 0 Å². The van der Waals surface area contributed by atoms with E-state index in [2.05, 4.69) is 33.3 Å². The van der Waals surface area contributed by atoms with Gasteiger partial charge in [-0.1, -0.05) is 6.92 Å². The molecule has 1 rings (SSSR count). The minimum atomic E-state index is -0.711. The highest BCUT2D eigenvalue weighted by Gasteiger charge is 2.12. The van der Waals surface area contributed by atoms with E-state index in [4.69, 9.17) is 5.11 Å². The zero-order valence-corrected chi connectivity index (χ0v) is 11.2. The molecule has 1 atom stereocenters. The highest BCUT2D eigenvalue weighted by molar-refractivity contribution is 9.10. The number of nitrogens with one attached hydrogen (secondary N) is 1. The summed E-state index contributed by atoms with van der Waals surface area (Å²) >= 11 is 3.51. The van der Waals surface area contributed by atoms with E-state index in [-0.39, 0.29) is 6.61 Å². The van der Waals surface area contributed by atoms with Crippen LogP contribution in [0, 0.1) is 0 Å². The van der Waals surface area contributed by atoms with Crippen molar-refractivity contribution >= 4 is 15.9 Å². The number of hydrogen-bond acceptors (Lipinski definition) is 4. The number of aliphatic hydroxyl groups is 2. The highest BCUT2D eigenvalue weighted by atomic mass is 79.9. The lowest BCUT2D eigenvalue weighted by Crippen LogP contribution is -2.29. The van der Waals surface area contributed by atoms with Crippen LogP contribution in [0.5, 0.6) is 0 Å². The van der Waals surface area contributed by atoms with Crippen LogP contribution >= 0.6 is 15.9 Å². The van der Waals surface area contributed by atoms with Crippen LogP contribution in [0.25, 0.3) is 0 Å². The van der Waals surface area contributed by atoms with Crippen molar-refractivity contribution in [3.63, 3.8) is 0 Å². The van der Waals surface area contributed by atoms with Crippen LogP contribution in [0.15, 0.2) is 4.47 Å². The number of aromatic nitrogens is 2. The van der Waals surface area contributed by atoms with Gasteiger partial charge in [0, 0.05) is 20.1 Å². The molecule has 0 aliphatic carbocycles. The van der Waals surface area contributed by atoms with Crippen LogP contribution in [0.2, 0.25) is 0 Å². The van der Waals surface area contributed by atoms with E-state index in [1.807, 2.05) is 11.7 Å². The molecule has 1 heterocycles. The molecule has 0 radical (unpaired) electrons. The number of rotatable bonds is 6. The van der Waals surface area contributed by atoms with Crippen molar-refractivity contribution in [2.75, 3.05) is 13.2 Å². The molecule has 92 valence electrons. The summed E-state index contributed by atoms with van der Waals surface area (Å²) in [4.78, 5) is 0. The molecule has 0 aromatic carbocycles. The van der Waals surface area contributed by atoms with E-state index in [1.165, 1.54) is 0 Å². The molecule has 3 N–H and O–H groups in total. The fourth-order valence-electron chi connectivity index (χ4n) is 1.43. The number of aliphatic hydroxyl groups excluding tert-OH is 2. The van der Waals surface area contributed by atoms with Gasteiger partial charge in [-0.15, -0.1) is 0 Å². The summed E-state index contributed by atoms with van der Waals surface area (Å²) in [5.41, 5.74) is 2.07. The van der Waals surface area contributed by atoms with Gasteiger partial charge >= 0.3 is 0 Å².